The van der Waals surface area contributed by atoms with Gasteiger partial charge in [-0.3, -0.25) is 0 Å². The molecule has 4 heteroatoms. The number of rotatable bonds is 8. The summed E-state index contributed by atoms with van der Waals surface area (Å²) in [4.78, 5) is 0. The van der Waals surface area contributed by atoms with Gasteiger partial charge >= 0.3 is 8.56 Å². The van der Waals surface area contributed by atoms with E-state index in [1.165, 1.54) is 19.3 Å². The van der Waals surface area contributed by atoms with Gasteiger partial charge in [0, 0.05) is 20.1 Å². The number of hydrogen-bond acceptors (Lipinski definition) is 2. The van der Waals surface area contributed by atoms with Crippen LogP contribution in [0.1, 0.15) is 25.7 Å². The highest BCUT2D eigenvalue weighted by molar-refractivity contribution is 6.65. The van der Waals surface area contributed by atoms with Gasteiger partial charge in [0.1, 0.15) is 0 Å². The van der Waals surface area contributed by atoms with Crippen LogP contribution in [0.2, 0.25) is 12.6 Å². The molecule has 0 fully saturated rings. The second-order valence-corrected chi connectivity index (χ2v) is 7.36. The van der Waals surface area contributed by atoms with Crippen LogP contribution in [-0.4, -0.2) is 28.7 Å². The van der Waals surface area contributed by atoms with Gasteiger partial charge in [-0.25, -0.2) is 0 Å². The molecular formula is C9H21ClO2Si. The third-order valence-electron chi connectivity index (χ3n) is 2.38. The Bertz CT molecular complexity index is 118. The molecule has 0 rings (SSSR count). The van der Waals surface area contributed by atoms with Crippen LogP contribution >= 0.6 is 11.6 Å². The average Bonchev–Trinajstić information content (AvgIpc) is 2.17. The second-order valence-electron chi connectivity index (χ2n) is 3.40. The van der Waals surface area contributed by atoms with E-state index >= 15 is 0 Å². The van der Waals surface area contributed by atoms with Crippen molar-refractivity contribution in [3.05, 3.63) is 0 Å². The van der Waals surface area contributed by atoms with Gasteiger partial charge in [-0.15, -0.1) is 11.6 Å². The summed E-state index contributed by atoms with van der Waals surface area (Å²) in [5.41, 5.74) is 0. The maximum atomic E-state index is 5.58. The summed E-state index contributed by atoms with van der Waals surface area (Å²) in [5, 5.41) is 0. The van der Waals surface area contributed by atoms with E-state index in [0.29, 0.717) is 0 Å². The molecule has 0 aromatic heterocycles. The smallest absolute Gasteiger partial charge is 0.334 e. The van der Waals surface area contributed by atoms with Gasteiger partial charge in [-0.05, 0) is 19.0 Å². The molecule has 0 radical (unpaired) electrons. The van der Waals surface area contributed by atoms with Gasteiger partial charge < -0.3 is 8.85 Å². The summed E-state index contributed by atoms with van der Waals surface area (Å²) in [6.07, 6.45) is 4.78. The Hall–Kier alpha value is 0.427. The lowest BCUT2D eigenvalue weighted by molar-refractivity contribution is 0.248. The lowest BCUT2D eigenvalue weighted by atomic mass is 10.2. The van der Waals surface area contributed by atoms with Gasteiger partial charge in [0.25, 0.3) is 0 Å². The van der Waals surface area contributed by atoms with Crippen LogP contribution < -0.4 is 0 Å². The quantitative estimate of drug-likeness (QED) is 0.358. The molecule has 0 N–H and O–H groups in total. The maximum absolute atomic E-state index is 5.58. The number of unbranched alkanes of at least 4 members (excludes halogenated alkanes) is 3. The molecule has 0 aliphatic heterocycles. The van der Waals surface area contributed by atoms with Crippen LogP contribution in [-0.2, 0) is 8.85 Å². The van der Waals surface area contributed by atoms with Crippen molar-refractivity contribution in [1.29, 1.82) is 0 Å². The highest BCUT2D eigenvalue weighted by Gasteiger charge is 2.27. The fraction of sp³-hybridized carbons (Fsp3) is 1.00. The Balaban J connectivity index is 3.39. The van der Waals surface area contributed by atoms with Crippen LogP contribution in [0.15, 0.2) is 0 Å². The van der Waals surface area contributed by atoms with Gasteiger partial charge in [0.2, 0.25) is 0 Å². The zero-order valence-corrected chi connectivity index (χ0v) is 10.7. The molecule has 0 heterocycles. The van der Waals surface area contributed by atoms with Gasteiger partial charge in [0.15, 0.2) is 0 Å². The van der Waals surface area contributed by atoms with Crippen molar-refractivity contribution in [3.63, 3.8) is 0 Å². The molecule has 0 spiro atoms. The van der Waals surface area contributed by atoms with Crippen molar-refractivity contribution in [1.82, 2.24) is 0 Å². The number of alkyl halides is 1. The molecule has 0 atom stereocenters. The SMILES string of the molecule is CO[Si](C)(CCCCCCCl)OC. The van der Waals surface area contributed by atoms with Crippen LogP contribution in [0.4, 0.5) is 0 Å². The fourth-order valence-electron chi connectivity index (χ4n) is 1.18. The van der Waals surface area contributed by atoms with Gasteiger partial charge in [-0.2, -0.15) is 0 Å². The summed E-state index contributed by atoms with van der Waals surface area (Å²) >= 11 is 5.58. The molecule has 0 aromatic rings. The van der Waals surface area contributed by atoms with E-state index in [-0.39, 0.29) is 0 Å². The van der Waals surface area contributed by atoms with Crippen molar-refractivity contribution in [2.75, 3.05) is 20.1 Å². The Morgan fingerprint density at radius 2 is 1.54 bits per heavy atom. The summed E-state index contributed by atoms with van der Waals surface area (Å²) in [6.45, 7) is 2.11. The first-order chi connectivity index (χ1) is 6.18. The van der Waals surface area contributed by atoms with Crippen molar-refractivity contribution < 1.29 is 8.85 Å². The lowest BCUT2D eigenvalue weighted by Crippen LogP contribution is -2.35. The third kappa shape index (κ3) is 6.49. The van der Waals surface area contributed by atoms with Gasteiger partial charge in [-0.1, -0.05) is 19.3 Å². The Morgan fingerprint density at radius 3 is 2.00 bits per heavy atom. The minimum atomic E-state index is -1.79. The molecule has 13 heavy (non-hydrogen) atoms. The Kier molecular flexibility index (Phi) is 8.05. The number of hydrogen-bond donors (Lipinski definition) is 0. The lowest BCUT2D eigenvalue weighted by Gasteiger charge is -2.22. The summed E-state index contributed by atoms with van der Waals surface area (Å²) in [6, 6.07) is 1.09. The largest absolute Gasteiger partial charge is 0.398 e. The molecule has 0 unspecified atom stereocenters. The van der Waals surface area contributed by atoms with Crippen molar-refractivity contribution in [2.24, 2.45) is 0 Å². The number of halogens is 1. The standard InChI is InChI=1S/C9H21ClO2Si/c1-11-13(3,12-2)9-7-5-4-6-8-10/h4-9H2,1-3H3. The van der Waals surface area contributed by atoms with Crippen LogP contribution in [0.3, 0.4) is 0 Å². The fourth-order valence-corrected chi connectivity index (χ4v) is 2.84. The molecule has 0 saturated carbocycles. The molecule has 0 bridgehead atoms. The molecule has 0 amide bonds. The molecule has 0 aromatic carbocycles. The highest BCUT2D eigenvalue weighted by Crippen LogP contribution is 2.16. The van der Waals surface area contributed by atoms with Crippen LogP contribution in [0.5, 0.6) is 0 Å². The molecule has 0 aliphatic carbocycles. The zero-order chi connectivity index (χ0) is 10.2. The maximum Gasteiger partial charge on any atom is 0.334 e. The monoisotopic (exact) mass is 224 g/mol. The highest BCUT2D eigenvalue weighted by atomic mass is 35.5. The summed E-state index contributed by atoms with van der Waals surface area (Å²) in [5.74, 6) is 0.781. The van der Waals surface area contributed by atoms with E-state index in [2.05, 4.69) is 6.55 Å². The van der Waals surface area contributed by atoms with Crippen LogP contribution in [0, 0.1) is 0 Å². The van der Waals surface area contributed by atoms with E-state index in [1.807, 2.05) is 0 Å². The Morgan fingerprint density at radius 1 is 1.00 bits per heavy atom. The first kappa shape index (κ1) is 13.4. The minimum absolute atomic E-state index is 0.781. The third-order valence-corrected chi connectivity index (χ3v) is 5.63. The zero-order valence-electron chi connectivity index (χ0n) is 8.94. The molecule has 0 aliphatic rings. The van der Waals surface area contributed by atoms with Crippen LogP contribution in [0.25, 0.3) is 0 Å². The first-order valence-electron chi connectivity index (χ1n) is 4.85. The van der Waals surface area contributed by atoms with E-state index in [4.69, 9.17) is 20.5 Å². The summed E-state index contributed by atoms with van der Waals surface area (Å²) < 4.78 is 10.8. The normalized spacial score (nSPS) is 12.0. The van der Waals surface area contributed by atoms with Crippen molar-refractivity contribution >= 4 is 20.2 Å². The average molecular weight is 225 g/mol. The predicted octanol–water partition coefficient (Wildman–Crippen LogP) is 3.15. The first-order valence-corrected chi connectivity index (χ1v) is 7.90. The van der Waals surface area contributed by atoms with E-state index in [9.17, 15) is 0 Å². The summed E-state index contributed by atoms with van der Waals surface area (Å²) in [7, 11) is 1.70. The molecule has 0 saturated heterocycles. The molecular weight excluding hydrogens is 204 g/mol. The molecule has 2 nitrogen and oxygen atoms in total. The van der Waals surface area contributed by atoms with Crippen molar-refractivity contribution in [3.8, 4) is 0 Å². The van der Waals surface area contributed by atoms with E-state index < -0.39 is 8.56 Å². The second kappa shape index (κ2) is 7.80. The van der Waals surface area contributed by atoms with E-state index in [1.54, 1.807) is 14.2 Å². The Labute approximate surface area is 87.8 Å². The van der Waals surface area contributed by atoms with Crippen molar-refractivity contribution in [2.45, 2.75) is 38.3 Å². The molecule has 80 valence electrons. The topological polar surface area (TPSA) is 18.5 Å². The van der Waals surface area contributed by atoms with Gasteiger partial charge in [0.05, 0.1) is 0 Å². The minimum Gasteiger partial charge on any atom is -0.398 e. The predicted molar refractivity (Wildman–Crippen MR) is 59.6 cm³/mol. The van der Waals surface area contributed by atoms with E-state index in [0.717, 1.165) is 18.3 Å².